The summed E-state index contributed by atoms with van der Waals surface area (Å²) in [6, 6.07) is 10.3. The van der Waals surface area contributed by atoms with Crippen molar-refractivity contribution in [2.24, 2.45) is 0 Å². The van der Waals surface area contributed by atoms with Crippen molar-refractivity contribution in [1.29, 1.82) is 0 Å². The molecule has 0 unspecified atom stereocenters. The zero-order chi connectivity index (χ0) is 11.8. The van der Waals surface area contributed by atoms with Crippen molar-refractivity contribution < 1.29 is 4.74 Å². The van der Waals surface area contributed by atoms with Crippen molar-refractivity contribution >= 4 is 10.8 Å². The monoisotopic (exact) mass is 215 g/mol. The number of aromatic nitrogens is 1. The Balaban J connectivity index is 2.79. The number of nitrogens with zero attached hydrogens (tertiary/aromatic N) is 1. The molecule has 0 aliphatic heterocycles. The first-order chi connectivity index (χ1) is 7.52. The lowest BCUT2D eigenvalue weighted by atomic mass is 9.88. The molecule has 0 radical (unpaired) electrons. The second kappa shape index (κ2) is 3.78. The van der Waals surface area contributed by atoms with E-state index in [1.165, 1.54) is 10.8 Å². The number of ether oxygens (including phenoxy) is 1. The fourth-order valence-electron chi connectivity index (χ4n) is 1.85. The topological polar surface area (TPSA) is 22.1 Å². The van der Waals surface area contributed by atoms with Gasteiger partial charge in [0, 0.05) is 16.9 Å². The maximum Gasteiger partial charge on any atom is 0.213 e. The summed E-state index contributed by atoms with van der Waals surface area (Å²) in [5.41, 5.74) is 1.11. The molecule has 84 valence electrons. The van der Waals surface area contributed by atoms with E-state index in [1.54, 1.807) is 7.11 Å². The molecule has 0 bridgehead atoms. The highest BCUT2D eigenvalue weighted by Gasteiger charge is 2.19. The van der Waals surface area contributed by atoms with Gasteiger partial charge in [-0.05, 0) is 5.39 Å². The molecular formula is C14H17NO. The van der Waals surface area contributed by atoms with Crippen LogP contribution in [-0.2, 0) is 5.41 Å². The zero-order valence-electron chi connectivity index (χ0n) is 10.2. The van der Waals surface area contributed by atoms with Gasteiger partial charge in [0.1, 0.15) is 0 Å². The van der Waals surface area contributed by atoms with E-state index in [2.05, 4.69) is 37.9 Å². The molecule has 2 nitrogen and oxygen atoms in total. The maximum absolute atomic E-state index is 5.25. The summed E-state index contributed by atoms with van der Waals surface area (Å²) >= 11 is 0. The first-order valence-electron chi connectivity index (χ1n) is 5.46. The molecule has 1 heterocycles. The highest BCUT2D eigenvalue weighted by molar-refractivity contribution is 5.86. The highest BCUT2D eigenvalue weighted by Crippen LogP contribution is 2.30. The molecule has 0 saturated carbocycles. The van der Waals surface area contributed by atoms with Gasteiger partial charge >= 0.3 is 0 Å². The molecular weight excluding hydrogens is 198 g/mol. The van der Waals surface area contributed by atoms with Crippen LogP contribution in [0.5, 0.6) is 5.88 Å². The summed E-state index contributed by atoms with van der Waals surface area (Å²) in [7, 11) is 1.66. The Morgan fingerprint density at radius 3 is 2.44 bits per heavy atom. The lowest BCUT2D eigenvalue weighted by molar-refractivity contribution is 0.393. The van der Waals surface area contributed by atoms with Gasteiger partial charge in [-0.2, -0.15) is 0 Å². The van der Waals surface area contributed by atoms with E-state index in [1.807, 2.05) is 18.2 Å². The fourth-order valence-corrected chi connectivity index (χ4v) is 1.85. The average Bonchev–Trinajstić information content (AvgIpc) is 2.26. The van der Waals surface area contributed by atoms with Crippen LogP contribution < -0.4 is 4.74 Å². The van der Waals surface area contributed by atoms with Gasteiger partial charge in [0.05, 0.1) is 12.8 Å². The van der Waals surface area contributed by atoms with E-state index >= 15 is 0 Å². The van der Waals surface area contributed by atoms with Crippen molar-refractivity contribution in [3.63, 3.8) is 0 Å². The summed E-state index contributed by atoms with van der Waals surface area (Å²) in [5.74, 6) is 0.684. The molecule has 1 aromatic heterocycles. The highest BCUT2D eigenvalue weighted by atomic mass is 16.5. The molecule has 0 saturated heterocycles. The summed E-state index contributed by atoms with van der Waals surface area (Å²) in [6.45, 7) is 6.50. The van der Waals surface area contributed by atoms with Gasteiger partial charge in [-0.1, -0.05) is 45.0 Å². The summed E-state index contributed by atoms with van der Waals surface area (Å²) < 4.78 is 5.25. The van der Waals surface area contributed by atoms with E-state index in [-0.39, 0.29) is 5.41 Å². The molecule has 2 heteroatoms. The van der Waals surface area contributed by atoms with Crippen molar-refractivity contribution in [3.05, 3.63) is 36.0 Å². The third kappa shape index (κ3) is 1.87. The van der Waals surface area contributed by atoms with Crippen LogP contribution in [0.25, 0.3) is 10.8 Å². The molecule has 0 fully saturated rings. The van der Waals surface area contributed by atoms with Crippen LogP contribution in [0.15, 0.2) is 30.3 Å². The predicted octanol–water partition coefficient (Wildman–Crippen LogP) is 3.54. The van der Waals surface area contributed by atoms with E-state index in [9.17, 15) is 0 Å². The Hall–Kier alpha value is -1.57. The van der Waals surface area contributed by atoms with Crippen LogP contribution in [0.2, 0.25) is 0 Å². The summed E-state index contributed by atoms with van der Waals surface area (Å²) in [4.78, 5) is 4.57. The predicted molar refractivity (Wildman–Crippen MR) is 67.0 cm³/mol. The quantitative estimate of drug-likeness (QED) is 0.726. The number of rotatable bonds is 1. The summed E-state index contributed by atoms with van der Waals surface area (Å²) in [5, 5.41) is 2.38. The van der Waals surface area contributed by atoms with Gasteiger partial charge in [0.2, 0.25) is 5.88 Å². The molecule has 2 aromatic rings. The molecule has 0 spiro atoms. The second-order valence-electron chi connectivity index (χ2n) is 4.98. The molecule has 0 N–H and O–H groups in total. The lowest BCUT2D eigenvalue weighted by Crippen LogP contribution is -2.14. The van der Waals surface area contributed by atoms with Crippen LogP contribution in [0.3, 0.4) is 0 Å². The Kier molecular flexibility index (Phi) is 2.58. The number of benzene rings is 1. The van der Waals surface area contributed by atoms with Crippen molar-refractivity contribution in [2.75, 3.05) is 7.11 Å². The van der Waals surface area contributed by atoms with Crippen LogP contribution in [0, 0.1) is 0 Å². The van der Waals surface area contributed by atoms with Gasteiger partial charge in [-0.3, -0.25) is 0 Å². The minimum Gasteiger partial charge on any atom is -0.481 e. The number of hydrogen-bond donors (Lipinski definition) is 0. The zero-order valence-corrected chi connectivity index (χ0v) is 10.2. The van der Waals surface area contributed by atoms with Gasteiger partial charge in [0.25, 0.3) is 0 Å². The number of fused-ring (bicyclic) bond motifs is 1. The molecule has 16 heavy (non-hydrogen) atoms. The van der Waals surface area contributed by atoms with Crippen LogP contribution in [0.4, 0.5) is 0 Å². The Morgan fingerprint density at radius 2 is 1.81 bits per heavy atom. The first kappa shape index (κ1) is 10.9. The normalized spacial score (nSPS) is 11.8. The minimum atomic E-state index is 0.0220. The second-order valence-corrected chi connectivity index (χ2v) is 4.98. The third-order valence-corrected chi connectivity index (χ3v) is 2.64. The molecule has 1 aromatic carbocycles. The van der Waals surface area contributed by atoms with Crippen molar-refractivity contribution in [1.82, 2.24) is 4.98 Å². The summed E-state index contributed by atoms with van der Waals surface area (Å²) in [6.07, 6.45) is 0. The van der Waals surface area contributed by atoms with Crippen LogP contribution >= 0.6 is 0 Å². The largest absolute Gasteiger partial charge is 0.481 e. The average molecular weight is 215 g/mol. The SMILES string of the molecule is COc1cc2ccccc2c(C(C)(C)C)n1. The van der Waals surface area contributed by atoms with Gasteiger partial charge in [-0.15, -0.1) is 0 Å². The van der Waals surface area contributed by atoms with E-state index < -0.39 is 0 Å². The van der Waals surface area contributed by atoms with E-state index in [0.717, 1.165) is 5.69 Å². The van der Waals surface area contributed by atoms with E-state index in [0.29, 0.717) is 5.88 Å². The molecule has 0 amide bonds. The number of pyridine rings is 1. The fraction of sp³-hybridized carbons (Fsp3) is 0.357. The molecule has 0 atom stereocenters. The Bertz CT molecular complexity index is 512. The molecule has 2 rings (SSSR count). The first-order valence-corrected chi connectivity index (χ1v) is 5.46. The third-order valence-electron chi connectivity index (χ3n) is 2.64. The molecule has 0 aliphatic carbocycles. The Morgan fingerprint density at radius 1 is 1.12 bits per heavy atom. The Labute approximate surface area is 96.3 Å². The van der Waals surface area contributed by atoms with Crippen molar-refractivity contribution in [2.45, 2.75) is 26.2 Å². The number of methoxy groups -OCH3 is 1. The molecule has 0 aliphatic rings. The minimum absolute atomic E-state index is 0.0220. The van der Waals surface area contributed by atoms with Gasteiger partial charge in [0.15, 0.2) is 0 Å². The van der Waals surface area contributed by atoms with Gasteiger partial charge < -0.3 is 4.74 Å². The smallest absolute Gasteiger partial charge is 0.213 e. The van der Waals surface area contributed by atoms with Crippen molar-refractivity contribution in [3.8, 4) is 5.88 Å². The standard InChI is InChI=1S/C14H17NO/c1-14(2,3)13-11-8-6-5-7-10(11)9-12(15-13)16-4/h5-9H,1-4H3. The van der Waals surface area contributed by atoms with Gasteiger partial charge in [-0.25, -0.2) is 4.98 Å². The van der Waals surface area contributed by atoms with Crippen LogP contribution in [0.1, 0.15) is 26.5 Å². The maximum atomic E-state index is 5.25. The lowest BCUT2D eigenvalue weighted by Gasteiger charge is -2.20. The number of hydrogen-bond acceptors (Lipinski definition) is 2. The van der Waals surface area contributed by atoms with E-state index in [4.69, 9.17) is 4.74 Å². The van der Waals surface area contributed by atoms with Crippen LogP contribution in [-0.4, -0.2) is 12.1 Å².